The van der Waals surface area contributed by atoms with Crippen LogP contribution in [0.5, 0.6) is 0 Å². The van der Waals surface area contributed by atoms with Gasteiger partial charge in [0.25, 0.3) is 0 Å². The maximum atomic E-state index is 10.9. The summed E-state index contributed by atoms with van der Waals surface area (Å²) in [5.74, 6) is 7.05. The Hall–Kier alpha value is -0.480. The Morgan fingerprint density at radius 1 is 1.23 bits per heavy atom. The zero-order valence-electron chi connectivity index (χ0n) is 8.24. The van der Waals surface area contributed by atoms with E-state index in [1.165, 1.54) is 0 Å². The fourth-order valence-electron chi connectivity index (χ4n) is 0.863. The topological polar surface area (TPSA) is 17.1 Å². The lowest BCUT2D eigenvalue weighted by Gasteiger charge is -1.89. The van der Waals surface area contributed by atoms with Crippen molar-refractivity contribution in [3.05, 3.63) is 0 Å². The van der Waals surface area contributed by atoms with Gasteiger partial charge in [-0.25, -0.2) is 0 Å². The molecule has 0 N–H and O–H groups in total. The number of rotatable bonds is 6. The van der Waals surface area contributed by atoms with Gasteiger partial charge in [-0.1, -0.05) is 6.92 Å². The zero-order chi connectivity index (χ0) is 9.94. The Morgan fingerprint density at radius 2 is 1.92 bits per heavy atom. The fraction of sp³-hybridized carbons (Fsp3) is 0.727. The normalized spacial score (nSPS) is 9.08. The summed E-state index contributed by atoms with van der Waals surface area (Å²) in [6.45, 7) is 1.89. The fourth-order valence-corrected chi connectivity index (χ4v) is 1.05. The lowest BCUT2D eigenvalue weighted by Crippen LogP contribution is -1.92. The maximum Gasteiger partial charge on any atom is 0.133 e. The summed E-state index contributed by atoms with van der Waals surface area (Å²) in [4.78, 5) is 10.9. The summed E-state index contributed by atoms with van der Waals surface area (Å²) in [5, 5.41) is 0. The molecule has 0 saturated carbocycles. The van der Waals surface area contributed by atoms with Crippen molar-refractivity contribution in [1.82, 2.24) is 0 Å². The van der Waals surface area contributed by atoms with Crippen LogP contribution in [0.25, 0.3) is 0 Å². The van der Waals surface area contributed by atoms with E-state index in [1.807, 2.05) is 6.92 Å². The van der Waals surface area contributed by atoms with Crippen LogP contribution in [0.2, 0.25) is 0 Å². The monoisotopic (exact) mass is 200 g/mol. The van der Waals surface area contributed by atoms with Crippen LogP contribution in [-0.2, 0) is 4.79 Å². The van der Waals surface area contributed by atoms with Crippen LogP contribution < -0.4 is 0 Å². The van der Waals surface area contributed by atoms with Crippen LogP contribution in [0.4, 0.5) is 0 Å². The molecule has 74 valence electrons. The Morgan fingerprint density at radius 3 is 2.54 bits per heavy atom. The third-order valence-corrected chi connectivity index (χ3v) is 2.00. The van der Waals surface area contributed by atoms with E-state index in [9.17, 15) is 4.79 Å². The minimum absolute atomic E-state index is 0.301. The molecule has 0 aliphatic carbocycles. The van der Waals surface area contributed by atoms with Gasteiger partial charge >= 0.3 is 0 Å². The summed E-state index contributed by atoms with van der Waals surface area (Å²) in [6.07, 6.45) is 4.97. The summed E-state index contributed by atoms with van der Waals surface area (Å²) in [7, 11) is 0. The Labute approximate surface area is 85.9 Å². The second-order valence-electron chi connectivity index (χ2n) is 2.89. The minimum atomic E-state index is 0.301. The van der Waals surface area contributed by atoms with Crippen molar-refractivity contribution in [2.24, 2.45) is 0 Å². The quantitative estimate of drug-likeness (QED) is 0.366. The first-order valence-corrected chi connectivity index (χ1v) is 5.38. The van der Waals surface area contributed by atoms with Crippen LogP contribution in [0, 0.1) is 11.8 Å². The molecule has 0 aliphatic heterocycles. The number of ketones is 1. The van der Waals surface area contributed by atoms with Crippen molar-refractivity contribution in [1.29, 1.82) is 0 Å². The van der Waals surface area contributed by atoms with Crippen molar-refractivity contribution in [2.45, 2.75) is 45.4 Å². The van der Waals surface area contributed by atoms with Gasteiger partial charge < -0.3 is 0 Å². The number of unbranched alkanes of at least 4 members (excludes halogenated alkanes) is 2. The van der Waals surface area contributed by atoms with Crippen molar-refractivity contribution >= 4 is 17.4 Å². The molecule has 0 atom stereocenters. The third kappa shape index (κ3) is 9.43. The van der Waals surface area contributed by atoms with Crippen molar-refractivity contribution in [3.63, 3.8) is 0 Å². The standard InChI is InChI=1S/C11H17ClO/c1-2-11(13)9-7-5-3-4-6-8-10-12/h2,4,6-10H2,1H3. The van der Waals surface area contributed by atoms with Crippen molar-refractivity contribution < 1.29 is 4.79 Å². The van der Waals surface area contributed by atoms with Gasteiger partial charge in [-0.15, -0.1) is 23.4 Å². The molecule has 0 amide bonds. The van der Waals surface area contributed by atoms with Gasteiger partial charge in [0.05, 0.1) is 0 Å². The molecular formula is C11H17ClO. The highest BCUT2D eigenvalue weighted by Gasteiger charge is 1.93. The van der Waals surface area contributed by atoms with Gasteiger partial charge in [-0.05, 0) is 12.8 Å². The molecule has 0 aromatic heterocycles. The van der Waals surface area contributed by atoms with Crippen molar-refractivity contribution in [2.75, 3.05) is 5.88 Å². The van der Waals surface area contributed by atoms with E-state index in [-0.39, 0.29) is 0 Å². The van der Waals surface area contributed by atoms with Crippen LogP contribution in [0.1, 0.15) is 45.4 Å². The Bertz CT molecular complexity index is 188. The van der Waals surface area contributed by atoms with Crippen LogP contribution >= 0.6 is 11.6 Å². The molecule has 0 radical (unpaired) electrons. The molecule has 0 aromatic rings. The van der Waals surface area contributed by atoms with Crippen molar-refractivity contribution in [3.8, 4) is 11.8 Å². The molecule has 2 heteroatoms. The van der Waals surface area contributed by atoms with E-state index in [0.717, 1.165) is 25.1 Å². The number of halogens is 1. The zero-order valence-corrected chi connectivity index (χ0v) is 8.99. The van der Waals surface area contributed by atoms with Gasteiger partial charge in [0.1, 0.15) is 5.78 Å². The smallest absolute Gasteiger partial charge is 0.133 e. The molecule has 0 fully saturated rings. The number of alkyl halides is 1. The van der Waals surface area contributed by atoms with E-state index >= 15 is 0 Å². The van der Waals surface area contributed by atoms with Gasteiger partial charge in [-0.2, -0.15) is 0 Å². The second kappa shape index (κ2) is 9.61. The molecule has 13 heavy (non-hydrogen) atoms. The molecular weight excluding hydrogens is 184 g/mol. The average molecular weight is 201 g/mol. The highest BCUT2D eigenvalue weighted by atomic mass is 35.5. The van der Waals surface area contributed by atoms with Crippen LogP contribution in [0.3, 0.4) is 0 Å². The first-order valence-electron chi connectivity index (χ1n) is 4.84. The van der Waals surface area contributed by atoms with Gasteiger partial charge in [0.2, 0.25) is 0 Å². The first-order chi connectivity index (χ1) is 6.31. The largest absolute Gasteiger partial charge is 0.300 e. The Kier molecular flexibility index (Phi) is 9.25. The van der Waals surface area contributed by atoms with E-state index in [2.05, 4.69) is 11.8 Å². The highest BCUT2D eigenvalue weighted by molar-refractivity contribution is 6.17. The van der Waals surface area contributed by atoms with Crippen LogP contribution in [0.15, 0.2) is 0 Å². The third-order valence-electron chi connectivity index (χ3n) is 1.73. The van der Waals surface area contributed by atoms with Gasteiger partial charge in [0.15, 0.2) is 0 Å². The molecule has 0 unspecified atom stereocenters. The summed E-state index contributed by atoms with van der Waals surface area (Å²) >= 11 is 5.51. The second-order valence-corrected chi connectivity index (χ2v) is 3.27. The molecule has 0 rings (SSSR count). The number of carbonyl (C=O) groups is 1. The first kappa shape index (κ1) is 12.5. The van der Waals surface area contributed by atoms with E-state index in [4.69, 9.17) is 11.6 Å². The number of carbonyl (C=O) groups excluding carboxylic acids is 1. The predicted molar refractivity (Wildman–Crippen MR) is 56.9 cm³/mol. The van der Waals surface area contributed by atoms with Crippen LogP contribution in [-0.4, -0.2) is 11.7 Å². The van der Waals surface area contributed by atoms with E-state index in [1.54, 1.807) is 0 Å². The summed E-state index contributed by atoms with van der Waals surface area (Å²) < 4.78 is 0. The molecule has 0 aromatic carbocycles. The summed E-state index contributed by atoms with van der Waals surface area (Å²) in [6, 6.07) is 0. The number of Topliss-reactive ketones (excluding diaryl/α,β-unsaturated/α-hetero) is 1. The lowest BCUT2D eigenvalue weighted by atomic mass is 10.2. The molecule has 0 spiro atoms. The molecule has 0 aliphatic rings. The number of hydrogen-bond donors (Lipinski definition) is 0. The molecule has 0 heterocycles. The summed E-state index contributed by atoms with van der Waals surface area (Å²) in [5.41, 5.74) is 0. The maximum absolute atomic E-state index is 10.9. The lowest BCUT2D eigenvalue weighted by molar-refractivity contribution is -0.118. The van der Waals surface area contributed by atoms with E-state index < -0.39 is 0 Å². The average Bonchev–Trinajstić information content (AvgIpc) is 2.16. The highest BCUT2D eigenvalue weighted by Crippen LogP contribution is 1.96. The predicted octanol–water partition coefficient (Wildman–Crippen LogP) is 3.16. The Balaban J connectivity index is 3.25. The molecule has 0 bridgehead atoms. The van der Waals surface area contributed by atoms with Gasteiger partial charge in [0, 0.05) is 31.6 Å². The number of hydrogen-bond acceptors (Lipinski definition) is 1. The molecule has 0 saturated heterocycles. The minimum Gasteiger partial charge on any atom is -0.300 e. The SMILES string of the molecule is CCC(=O)CCC#CCCCCCl. The molecule has 1 nitrogen and oxygen atoms in total. The van der Waals surface area contributed by atoms with Gasteiger partial charge in [-0.3, -0.25) is 4.79 Å². The van der Waals surface area contributed by atoms with E-state index in [0.29, 0.717) is 25.0 Å².